The van der Waals surface area contributed by atoms with Crippen LogP contribution in [0.1, 0.15) is 24.2 Å². The summed E-state index contributed by atoms with van der Waals surface area (Å²) < 4.78 is 10.2. The van der Waals surface area contributed by atoms with Crippen molar-refractivity contribution in [3.05, 3.63) is 35.7 Å². The second-order valence-corrected chi connectivity index (χ2v) is 7.80. The van der Waals surface area contributed by atoms with Crippen LogP contribution in [-0.2, 0) is 11.2 Å². The molecule has 8 nitrogen and oxygen atoms in total. The van der Waals surface area contributed by atoms with Crippen molar-refractivity contribution in [2.24, 2.45) is 0 Å². The Hall–Kier alpha value is -2.61. The van der Waals surface area contributed by atoms with Gasteiger partial charge in [0, 0.05) is 45.3 Å². The molecule has 156 valence electrons. The molecule has 3 heterocycles. The second-order valence-electron chi connectivity index (χ2n) is 7.80. The van der Waals surface area contributed by atoms with Gasteiger partial charge in [-0.2, -0.15) is 0 Å². The van der Waals surface area contributed by atoms with E-state index in [4.69, 9.17) is 9.37 Å². The molecule has 2 aromatic rings. The van der Waals surface area contributed by atoms with Gasteiger partial charge in [0.25, 0.3) is 0 Å². The molecule has 2 saturated heterocycles. The Kier molecular flexibility index (Phi) is 5.99. The summed E-state index contributed by atoms with van der Waals surface area (Å²) in [6.45, 7) is 7.36. The topological polar surface area (TPSA) is 74.9 Å². The number of hydrogen-bond acceptors (Lipinski definition) is 7. The van der Waals surface area contributed by atoms with Crippen LogP contribution in [0.25, 0.3) is 0 Å². The number of aryl methyl sites for hydroxylation is 1. The number of piperidine rings is 1. The average molecular weight is 399 g/mol. The quantitative estimate of drug-likeness (QED) is 0.758. The molecular formula is C21H29N5O3. The third-order valence-electron chi connectivity index (χ3n) is 6.07. The van der Waals surface area contributed by atoms with Crippen LogP contribution in [0.15, 0.2) is 28.9 Å². The minimum Gasteiger partial charge on any atom is -0.495 e. The van der Waals surface area contributed by atoms with Crippen molar-refractivity contribution < 1.29 is 14.2 Å². The van der Waals surface area contributed by atoms with Crippen molar-refractivity contribution in [1.29, 1.82) is 0 Å². The third kappa shape index (κ3) is 4.37. The number of carbonyl (C=O) groups is 1. The number of ether oxygens (including phenoxy) is 1. The number of nitrogens with zero attached hydrogens (tertiary/aromatic N) is 5. The van der Waals surface area contributed by atoms with E-state index in [1.54, 1.807) is 7.11 Å². The van der Waals surface area contributed by atoms with Crippen LogP contribution >= 0.6 is 0 Å². The summed E-state index contributed by atoms with van der Waals surface area (Å²) in [5.74, 6) is 1.04. The molecule has 1 amide bonds. The number of methoxy groups -OCH3 is 1. The van der Waals surface area contributed by atoms with Crippen molar-refractivity contribution >= 4 is 11.6 Å². The highest BCUT2D eigenvalue weighted by molar-refractivity contribution is 5.78. The van der Waals surface area contributed by atoms with Gasteiger partial charge < -0.3 is 14.5 Å². The lowest BCUT2D eigenvalue weighted by Crippen LogP contribution is -2.56. The summed E-state index contributed by atoms with van der Waals surface area (Å²) >= 11 is 0. The molecule has 1 aromatic carbocycles. The highest BCUT2D eigenvalue weighted by atomic mass is 16.6. The minimum atomic E-state index is 0.112. The number of carbonyl (C=O) groups excluding carboxylic acids is 1. The van der Waals surface area contributed by atoms with Gasteiger partial charge in [0.05, 0.1) is 19.2 Å². The monoisotopic (exact) mass is 399 g/mol. The molecular weight excluding hydrogens is 370 g/mol. The fourth-order valence-electron chi connectivity index (χ4n) is 4.36. The number of hydrogen-bond donors (Lipinski definition) is 0. The first kappa shape index (κ1) is 19.7. The summed E-state index contributed by atoms with van der Waals surface area (Å²) in [5.41, 5.74) is 2.49. The van der Waals surface area contributed by atoms with E-state index < -0.39 is 0 Å². The predicted octanol–water partition coefficient (Wildman–Crippen LogP) is 1.74. The zero-order valence-corrected chi connectivity index (χ0v) is 17.2. The van der Waals surface area contributed by atoms with Gasteiger partial charge in [-0.25, -0.2) is 4.63 Å². The Morgan fingerprint density at radius 3 is 2.69 bits per heavy atom. The first-order chi connectivity index (χ1) is 14.2. The molecule has 1 aromatic heterocycles. The maximum Gasteiger partial charge on any atom is 0.228 e. The van der Waals surface area contributed by atoms with Crippen molar-refractivity contribution in [3.8, 4) is 5.75 Å². The molecule has 0 N–H and O–H groups in total. The van der Waals surface area contributed by atoms with Crippen molar-refractivity contribution in [3.63, 3.8) is 0 Å². The van der Waals surface area contributed by atoms with Crippen LogP contribution < -0.4 is 9.64 Å². The SMILES string of the molecule is COc1ccccc1N1CCN(C2CCCN(C(=O)Cc3nonc3C)C2)CC1. The van der Waals surface area contributed by atoms with E-state index in [0.29, 0.717) is 17.4 Å². The van der Waals surface area contributed by atoms with Crippen molar-refractivity contribution in [1.82, 2.24) is 20.1 Å². The third-order valence-corrected chi connectivity index (χ3v) is 6.07. The van der Waals surface area contributed by atoms with Gasteiger partial charge in [0.1, 0.15) is 17.1 Å². The van der Waals surface area contributed by atoms with Gasteiger partial charge in [0.15, 0.2) is 0 Å². The molecule has 0 aliphatic carbocycles. The van der Waals surface area contributed by atoms with Crippen LogP contribution in [0.5, 0.6) is 5.75 Å². The largest absolute Gasteiger partial charge is 0.495 e. The lowest BCUT2D eigenvalue weighted by molar-refractivity contribution is -0.132. The predicted molar refractivity (Wildman–Crippen MR) is 109 cm³/mol. The molecule has 2 aliphatic heterocycles. The molecule has 2 fully saturated rings. The lowest BCUT2D eigenvalue weighted by Gasteiger charge is -2.44. The number of rotatable bonds is 5. The summed E-state index contributed by atoms with van der Waals surface area (Å²) in [5, 5.41) is 7.62. The Balaban J connectivity index is 1.33. The number of piperazine rings is 1. The number of para-hydroxylation sites is 2. The smallest absolute Gasteiger partial charge is 0.228 e. The highest BCUT2D eigenvalue weighted by Gasteiger charge is 2.31. The molecule has 0 radical (unpaired) electrons. The highest BCUT2D eigenvalue weighted by Crippen LogP contribution is 2.29. The van der Waals surface area contributed by atoms with Crippen molar-refractivity contribution in [2.75, 3.05) is 51.3 Å². The van der Waals surface area contributed by atoms with E-state index in [-0.39, 0.29) is 12.3 Å². The minimum absolute atomic E-state index is 0.112. The molecule has 2 aliphatic rings. The maximum atomic E-state index is 12.7. The Morgan fingerprint density at radius 1 is 1.17 bits per heavy atom. The maximum absolute atomic E-state index is 12.7. The van der Waals surface area contributed by atoms with Gasteiger partial charge in [-0.1, -0.05) is 22.4 Å². The van der Waals surface area contributed by atoms with Gasteiger partial charge in [-0.05, 0) is 31.9 Å². The number of amides is 1. The van der Waals surface area contributed by atoms with Crippen molar-refractivity contribution in [2.45, 2.75) is 32.2 Å². The van der Waals surface area contributed by atoms with E-state index in [9.17, 15) is 4.79 Å². The fourth-order valence-corrected chi connectivity index (χ4v) is 4.36. The second kappa shape index (κ2) is 8.82. The molecule has 29 heavy (non-hydrogen) atoms. The zero-order valence-electron chi connectivity index (χ0n) is 17.2. The molecule has 1 atom stereocenters. The Morgan fingerprint density at radius 2 is 1.97 bits per heavy atom. The lowest BCUT2D eigenvalue weighted by atomic mass is 10.0. The zero-order chi connectivity index (χ0) is 20.2. The van der Waals surface area contributed by atoms with Crippen LogP contribution in [0.2, 0.25) is 0 Å². The van der Waals surface area contributed by atoms with E-state index in [2.05, 4.69) is 32.2 Å². The average Bonchev–Trinajstić information content (AvgIpc) is 3.18. The summed E-state index contributed by atoms with van der Waals surface area (Å²) in [4.78, 5) is 19.6. The van der Waals surface area contributed by atoms with E-state index in [1.807, 2.05) is 24.0 Å². The number of aromatic nitrogens is 2. The molecule has 8 heteroatoms. The van der Waals surface area contributed by atoms with Crippen LogP contribution in [0, 0.1) is 6.92 Å². The van der Waals surface area contributed by atoms with Crippen LogP contribution in [0.3, 0.4) is 0 Å². The Bertz CT molecular complexity index is 831. The summed E-state index contributed by atoms with van der Waals surface area (Å²) in [7, 11) is 1.72. The van der Waals surface area contributed by atoms with E-state index in [1.165, 1.54) is 0 Å². The molecule has 0 spiro atoms. The Labute approximate surface area is 171 Å². The standard InChI is InChI=1S/C21H29N5O3/c1-16-18(23-29-22-16)14-21(27)26-9-5-6-17(15-26)24-10-12-25(13-11-24)19-7-3-4-8-20(19)28-2/h3-4,7-8,17H,5-6,9-15H2,1-2H3. The van der Waals surface area contributed by atoms with Gasteiger partial charge >= 0.3 is 0 Å². The number of anilines is 1. The van der Waals surface area contributed by atoms with Gasteiger partial charge in [0.2, 0.25) is 5.91 Å². The summed E-state index contributed by atoms with van der Waals surface area (Å²) in [6.07, 6.45) is 2.45. The molecule has 0 bridgehead atoms. The number of benzene rings is 1. The van der Waals surface area contributed by atoms with Crippen LogP contribution in [-0.4, -0.2) is 78.4 Å². The normalized spacial score (nSPS) is 20.7. The van der Waals surface area contributed by atoms with E-state index in [0.717, 1.165) is 63.5 Å². The molecule has 4 rings (SSSR count). The molecule has 0 saturated carbocycles. The van der Waals surface area contributed by atoms with Crippen LogP contribution in [0.4, 0.5) is 5.69 Å². The molecule has 1 unspecified atom stereocenters. The van der Waals surface area contributed by atoms with Gasteiger partial charge in [-0.3, -0.25) is 9.69 Å². The van der Waals surface area contributed by atoms with E-state index >= 15 is 0 Å². The summed E-state index contributed by atoms with van der Waals surface area (Å²) in [6, 6.07) is 8.61. The fraction of sp³-hybridized carbons (Fsp3) is 0.571. The first-order valence-electron chi connectivity index (χ1n) is 10.3. The number of likely N-dealkylation sites (tertiary alicyclic amines) is 1. The van der Waals surface area contributed by atoms with Gasteiger partial charge in [-0.15, -0.1) is 0 Å². The first-order valence-corrected chi connectivity index (χ1v) is 10.3.